The maximum atomic E-state index is 11.9. The number of aliphatic carboxylic acids is 1. The molecule has 21 heavy (non-hydrogen) atoms. The lowest BCUT2D eigenvalue weighted by Crippen LogP contribution is -2.23. The van der Waals surface area contributed by atoms with Gasteiger partial charge in [0.1, 0.15) is 17.9 Å². The quantitative estimate of drug-likeness (QED) is 0.778. The summed E-state index contributed by atoms with van der Waals surface area (Å²) in [7, 11) is 0. The van der Waals surface area contributed by atoms with E-state index in [9.17, 15) is 9.59 Å². The summed E-state index contributed by atoms with van der Waals surface area (Å²) in [4.78, 5) is 22.4. The fourth-order valence-electron chi connectivity index (χ4n) is 1.64. The molecule has 0 aliphatic rings. The van der Waals surface area contributed by atoms with Gasteiger partial charge in [-0.1, -0.05) is 5.21 Å². The van der Waals surface area contributed by atoms with Gasteiger partial charge in [0.25, 0.3) is 5.91 Å². The number of hydrogen-bond donors (Lipinski definition) is 2. The molecule has 0 atom stereocenters. The number of nitrogens with one attached hydrogen (secondary N) is 1. The molecule has 0 radical (unpaired) electrons. The SMILES string of the molecule is CC(C)n1ccc(C(=O)NCc2cn(CC(=O)O)nn2)n1. The number of nitrogens with zero attached hydrogens (tertiary/aromatic N) is 5. The van der Waals surface area contributed by atoms with Gasteiger partial charge in [0.2, 0.25) is 0 Å². The molecule has 0 aromatic carbocycles. The second-order valence-electron chi connectivity index (χ2n) is 4.76. The zero-order chi connectivity index (χ0) is 15.4. The zero-order valence-corrected chi connectivity index (χ0v) is 11.7. The van der Waals surface area contributed by atoms with Gasteiger partial charge in [-0.05, 0) is 19.9 Å². The van der Waals surface area contributed by atoms with Gasteiger partial charge in [0, 0.05) is 12.2 Å². The summed E-state index contributed by atoms with van der Waals surface area (Å²) in [5.74, 6) is -1.32. The summed E-state index contributed by atoms with van der Waals surface area (Å²) in [6.07, 6.45) is 3.21. The minimum absolute atomic E-state index is 0.160. The Balaban J connectivity index is 1.91. The van der Waals surface area contributed by atoms with Gasteiger partial charge in [0.15, 0.2) is 0 Å². The van der Waals surface area contributed by atoms with E-state index in [1.54, 1.807) is 16.9 Å². The highest BCUT2D eigenvalue weighted by Gasteiger charge is 2.11. The predicted molar refractivity (Wildman–Crippen MR) is 71.4 cm³/mol. The Morgan fingerprint density at radius 3 is 2.81 bits per heavy atom. The number of rotatable bonds is 6. The lowest BCUT2D eigenvalue weighted by molar-refractivity contribution is -0.137. The first-order chi connectivity index (χ1) is 9.95. The van der Waals surface area contributed by atoms with Crippen LogP contribution in [0.4, 0.5) is 0 Å². The summed E-state index contributed by atoms with van der Waals surface area (Å²) >= 11 is 0. The third-order valence-corrected chi connectivity index (χ3v) is 2.68. The van der Waals surface area contributed by atoms with Gasteiger partial charge in [-0.25, -0.2) is 4.68 Å². The zero-order valence-electron chi connectivity index (χ0n) is 11.7. The first kappa shape index (κ1) is 14.7. The number of carboxylic acids is 1. The Labute approximate surface area is 120 Å². The Bertz CT molecular complexity index is 645. The van der Waals surface area contributed by atoms with Crippen molar-refractivity contribution in [2.75, 3.05) is 0 Å². The smallest absolute Gasteiger partial charge is 0.325 e. The summed E-state index contributed by atoms with van der Waals surface area (Å²) in [5, 5.41) is 22.9. The van der Waals surface area contributed by atoms with Crippen molar-refractivity contribution in [3.63, 3.8) is 0 Å². The number of amides is 1. The van der Waals surface area contributed by atoms with Crippen LogP contribution in [-0.2, 0) is 17.9 Å². The highest BCUT2D eigenvalue weighted by molar-refractivity contribution is 5.92. The average Bonchev–Trinajstić information content (AvgIpc) is 3.04. The second kappa shape index (κ2) is 6.16. The molecule has 0 bridgehead atoms. The fraction of sp³-hybridized carbons (Fsp3) is 0.417. The molecular weight excluding hydrogens is 276 g/mol. The highest BCUT2D eigenvalue weighted by Crippen LogP contribution is 2.04. The van der Waals surface area contributed by atoms with Gasteiger partial charge in [0.05, 0.1) is 12.7 Å². The highest BCUT2D eigenvalue weighted by atomic mass is 16.4. The van der Waals surface area contributed by atoms with Gasteiger partial charge in [-0.3, -0.25) is 14.3 Å². The van der Waals surface area contributed by atoms with Crippen LogP contribution < -0.4 is 5.32 Å². The molecule has 2 aromatic heterocycles. The average molecular weight is 292 g/mol. The Hall–Kier alpha value is -2.71. The van der Waals surface area contributed by atoms with Crippen molar-refractivity contribution in [2.45, 2.75) is 33.0 Å². The van der Waals surface area contributed by atoms with E-state index in [-0.39, 0.29) is 25.0 Å². The topological polar surface area (TPSA) is 115 Å². The second-order valence-corrected chi connectivity index (χ2v) is 4.76. The number of carboxylic acid groups (broad SMARTS) is 1. The van der Waals surface area contributed by atoms with Gasteiger partial charge >= 0.3 is 5.97 Å². The standard InChI is InChI=1S/C12H16N6O3/c1-8(2)18-4-3-10(15-18)12(21)13-5-9-6-17(16-14-9)7-11(19)20/h3-4,6,8H,5,7H2,1-2H3,(H,13,21)(H,19,20). The molecule has 0 aliphatic carbocycles. The van der Waals surface area contributed by atoms with Crippen molar-refractivity contribution in [3.8, 4) is 0 Å². The van der Waals surface area contributed by atoms with Crippen molar-refractivity contribution >= 4 is 11.9 Å². The third-order valence-electron chi connectivity index (χ3n) is 2.68. The van der Waals surface area contributed by atoms with Crippen molar-refractivity contribution in [1.29, 1.82) is 0 Å². The molecule has 2 rings (SSSR count). The fourth-order valence-corrected chi connectivity index (χ4v) is 1.64. The molecule has 1 amide bonds. The van der Waals surface area contributed by atoms with Gasteiger partial charge < -0.3 is 10.4 Å². The minimum Gasteiger partial charge on any atom is -0.480 e. The lowest BCUT2D eigenvalue weighted by atomic mass is 10.4. The minimum atomic E-state index is -1.00. The van der Waals surface area contributed by atoms with Crippen LogP contribution in [0.25, 0.3) is 0 Å². The largest absolute Gasteiger partial charge is 0.480 e. The van der Waals surface area contributed by atoms with Crippen molar-refractivity contribution < 1.29 is 14.7 Å². The molecule has 0 saturated heterocycles. The van der Waals surface area contributed by atoms with Crippen molar-refractivity contribution in [3.05, 3.63) is 29.8 Å². The number of hydrogen-bond acceptors (Lipinski definition) is 5. The maximum absolute atomic E-state index is 11.9. The predicted octanol–water partition coefficient (Wildman–Crippen LogP) is 0.0701. The van der Waals surface area contributed by atoms with E-state index >= 15 is 0 Å². The molecule has 2 aromatic rings. The summed E-state index contributed by atoms with van der Waals surface area (Å²) in [6.45, 7) is 3.83. The van der Waals surface area contributed by atoms with E-state index in [1.165, 1.54) is 10.9 Å². The van der Waals surface area contributed by atoms with E-state index in [2.05, 4.69) is 20.7 Å². The van der Waals surface area contributed by atoms with Crippen LogP contribution in [-0.4, -0.2) is 41.8 Å². The van der Waals surface area contributed by atoms with Crippen molar-refractivity contribution in [2.24, 2.45) is 0 Å². The van der Waals surface area contributed by atoms with Crippen LogP contribution in [0.1, 0.15) is 36.1 Å². The molecule has 2 heterocycles. The maximum Gasteiger partial charge on any atom is 0.325 e. The molecule has 0 fully saturated rings. The Morgan fingerprint density at radius 2 is 2.19 bits per heavy atom. The lowest BCUT2D eigenvalue weighted by Gasteiger charge is -2.04. The number of carbonyl (C=O) groups is 2. The molecule has 112 valence electrons. The van der Waals surface area contributed by atoms with Crippen LogP contribution in [0, 0.1) is 0 Å². The van der Waals surface area contributed by atoms with Crippen LogP contribution in [0.15, 0.2) is 18.5 Å². The third kappa shape index (κ3) is 3.88. The molecule has 9 heteroatoms. The summed E-state index contributed by atoms with van der Waals surface area (Å²) < 4.78 is 2.88. The number of carbonyl (C=O) groups excluding carboxylic acids is 1. The Kier molecular flexibility index (Phi) is 4.31. The van der Waals surface area contributed by atoms with E-state index < -0.39 is 5.97 Å². The molecule has 0 unspecified atom stereocenters. The van der Waals surface area contributed by atoms with Crippen molar-refractivity contribution in [1.82, 2.24) is 30.1 Å². The van der Waals surface area contributed by atoms with E-state index in [4.69, 9.17) is 5.11 Å². The van der Waals surface area contributed by atoms with Crippen LogP contribution in [0.5, 0.6) is 0 Å². The molecule has 2 N–H and O–H groups in total. The molecule has 0 saturated carbocycles. The summed E-state index contributed by atoms with van der Waals surface area (Å²) in [6, 6.07) is 1.82. The normalized spacial score (nSPS) is 10.8. The van der Waals surface area contributed by atoms with E-state index in [0.717, 1.165) is 0 Å². The molecule has 9 nitrogen and oxygen atoms in total. The van der Waals surface area contributed by atoms with Gasteiger partial charge in [-0.2, -0.15) is 5.10 Å². The Morgan fingerprint density at radius 1 is 1.43 bits per heavy atom. The first-order valence-corrected chi connectivity index (χ1v) is 6.40. The van der Waals surface area contributed by atoms with Crippen LogP contribution >= 0.6 is 0 Å². The summed E-state index contributed by atoms with van der Waals surface area (Å²) in [5.41, 5.74) is 0.800. The molecule has 0 aliphatic heterocycles. The molecular formula is C12H16N6O3. The van der Waals surface area contributed by atoms with Crippen LogP contribution in [0.2, 0.25) is 0 Å². The van der Waals surface area contributed by atoms with E-state index in [1.807, 2.05) is 13.8 Å². The van der Waals surface area contributed by atoms with Crippen LogP contribution in [0.3, 0.4) is 0 Å². The van der Waals surface area contributed by atoms with E-state index in [0.29, 0.717) is 11.4 Å². The molecule has 0 spiro atoms. The number of aromatic nitrogens is 5. The first-order valence-electron chi connectivity index (χ1n) is 6.40. The van der Waals surface area contributed by atoms with Gasteiger partial charge in [-0.15, -0.1) is 5.10 Å². The monoisotopic (exact) mass is 292 g/mol.